The van der Waals surface area contributed by atoms with Crippen LogP contribution in [0.2, 0.25) is 0 Å². The molecule has 0 spiro atoms. The van der Waals surface area contributed by atoms with E-state index >= 15 is 0 Å². The van der Waals surface area contributed by atoms with E-state index in [9.17, 15) is 9.18 Å². The van der Waals surface area contributed by atoms with Gasteiger partial charge in [-0.05, 0) is 35.9 Å². The Morgan fingerprint density at radius 3 is 2.75 bits per heavy atom. The van der Waals surface area contributed by atoms with Crippen LogP contribution in [0.15, 0.2) is 59.2 Å². The third kappa shape index (κ3) is 2.53. The average molecular weight is 386 g/mol. The van der Waals surface area contributed by atoms with E-state index in [4.69, 9.17) is 0 Å². The summed E-state index contributed by atoms with van der Waals surface area (Å²) in [4.78, 5) is 12.2. The lowest BCUT2D eigenvalue weighted by molar-refractivity contribution is -0.116. The Hall–Kier alpha value is -2.47. The molecule has 1 N–H and O–H groups in total. The Bertz CT molecular complexity index is 923. The minimum atomic E-state index is -0.358. The first-order chi connectivity index (χ1) is 11.6. The van der Waals surface area contributed by atoms with E-state index in [1.165, 1.54) is 6.07 Å². The highest BCUT2D eigenvalue weighted by Crippen LogP contribution is 2.39. The maximum Gasteiger partial charge on any atom is 0.226 e. The standard InChI is InChI=1S/C18H13BrFN3O/c19-11-6-7-16(20)14(8-11)13-9-17(24)22-18-15(13)10-21-23(18)12-4-2-1-3-5-12/h1-8,10,13H,9H2,(H,22,24)/t13-/m0/s1. The summed E-state index contributed by atoms with van der Waals surface area (Å²) in [5, 5.41) is 7.27. The fourth-order valence-corrected chi connectivity index (χ4v) is 3.42. The number of benzene rings is 2. The van der Waals surface area contributed by atoms with Crippen molar-refractivity contribution in [2.45, 2.75) is 12.3 Å². The van der Waals surface area contributed by atoms with Gasteiger partial charge in [-0.25, -0.2) is 9.07 Å². The minimum absolute atomic E-state index is 0.149. The highest BCUT2D eigenvalue weighted by atomic mass is 79.9. The summed E-state index contributed by atoms with van der Waals surface area (Å²) in [6.07, 6.45) is 1.90. The molecule has 4 nitrogen and oxygen atoms in total. The molecule has 1 aliphatic rings. The van der Waals surface area contributed by atoms with Crippen molar-refractivity contribution in [2.24, 2.45) is 0 Å². The van der Waals surface area contributed by atoms with Crippen molar-refractivity contribution in [3.8, 4) is 5.69 Å². The molecule has 1 atom stereocenters. The number of anilines is 1. The summed E-state index contributed by atoms with van der Waals surface area (Å²) in [5.41, 5.74) is 2.15. The maximum atomic E-state index is 14.3. The molecule has 0 bridgehead atoms. The molecular weight excluding hydrogens is 373 g/mol. The van der Waals surface area contributed by atoms with Gasteiger partial charge in [-0.15, -0.1) is 0 Å². The number of carbonyl (C=O) groups is 1. The molecule has 0 aliphatic carbocycles. The van der Waals surface area contributed by atoms with Crippen molar-refractivity contribution >= 4 is 27.7 Å². The molecule has 0 unspecified atom stereocenters. The van der Waals surface area contributed by atoms with Crippen molar-refractivity contribution in [3.05, 3.63) is 76.1 Å². The molecule has 6 heteroatoms. The van der Waals surface area contributed by atoms with Crippen molar-refractivity contribution < 1.29 is 9.18 Å². The van der Waals surface area contributed by atoms with Gasteiger partial charge in [0.2, 0.25) is 5.91 Å². The second-order valence-corrected chi connectivity index (χ2v) is 6.58. The Labute approximate surface area is 146 Å². The normalized spacial score (nSPS) is 16.6. The maximum absolute atomic E-state index is 14.3. The Balaban J connectivity index is 1.86. The van der Waals surface area contributed by atoms with Gasteiger partial charge < -0.3 is 5.32 Å². The molecule has 24 heavy (non-hydrogen) atoms. The number of halogens is 2. The number of carbonyl (C=O) groups excluding carboxylic acids is 1. The van der Waals surface area contributed by atoms with Crippen molar-refractivity contribution in [3.63, 3.8) is 0 Å². The van der Waals surface area contributed by atoms with E-state index in [0.717, 1.165) is 15.7 Å². The molecule has 120 valence electrons. The zero-order valence-corrected chi connectivity index (χ0v) is 14.1. The van der Waals surface area contributed by atoms with E-state index in [0.29, 0.717) is 11.4 Å². The number of para-hydroxylation sites is 1. The molecule has 0 saturated carbocycles. The molecular formula is C18H13BrFN3O. The van der Waals surface area contributed by atoms with Crippen LogP contribution in [0.5, 0.6) is 0 Å². The van der Waals surface area contributed by atoms with Crippen molar-refractivity contribution in [1.82, 2.24) is 9.78 Å². The van der Waals surface area contributed by atoms with Crippen molar-refractivity contribution in [2.75, 3.05) is 5.32 Å². The van der Waals surface area contributed by atoms with Crippen LogP contribution in [0.1, 0.15) is 23.5 Å². The van der Waals surface area contributed by atoms with Crippen LogP contribution in [0, 0.1) is 5.82 Å². The van der Waals surface area contributed by atoms with Gasteiger partial charge in [-0.1, -0.05) is 34.1 Å². The molecule has 2 aromatic carbocycles. The first kappa shape index (κ1) is 15.1. The predicted octanol–water partition coefficient (Wildman–Crippen LogP) is 4.25. The van der Waals surface area contributed by atoms with Crippen LogP contribution in [-0.4, -0.2) is 15.7 Å². The van der Waals surface area contributed by atoms with Crippen LogP contribution < -0.4 is 5.32 Å². The number of amides is 1. The summed E-state index contributed by atoms with van der Waals surface area (Å²) in [5.74, 6) is -0.230. The van der Waals surface area contributed by atoms with Gasteiger partial charge in [0.05, 0.1) is 11.9 Å². The van der Waals surface area contributed by atoms with E-state index in [-0.39, 0.29) is 24.1 Å². The molecule has 3 aromatic rings. The molecule has 0 radical (unpaired) electrons. The summed E-state index contributed by atoms with van der Waals surface area (Å²) in [6.45, 7) is 0. The van der Waals surface area contributed by atoms with Gasteiger partial charge in [0.1, 0.15) is 11.6 Å². The van der Waals surface area contributed by atoms with E-state index < -0.39 is 0 Å². The third-order valence-corrected chi connectivity index (χ3v) is 4.65. The monoisotopic (exact) mass is 385 g/mol. The molecule has 4 rings (SSSR count). The largest absolute Gasteiger partial charge is 0.310 e. The molecule has 0 saturated heterocycles. The smallest absolute Gasteiger partial charge is 0.226 e. The number of hydrogen-bond donors (Lipinski definition) is 1. The zero-order valence-electron chi connectivity index (χ0n) is 12.5. The minimum Gasteiger partial charge on any atom is -0.310 e. The fraction of sp³-hybridized carbons (Fsp3) is 0.111. The van der Waals surface area contributed by atoms with Gasteiger partial charge in [-0.2, -0.15) is 5.10 Å². The number of nitrogens with zero attached hydrogens (tertiary/aromatic N) is 2. The number of fused-ring (bicyclic) bond motifs is 1. The SMILES string of the molecule is O=C1C[C@@H](c2cc(Br)ccc2F)c2cnn(-c3ccccc3)c2N1. The van der Waals surface area contributed by atoms with Gasteiger partial charge in [0, 0.05) is 22.4 Å². The summed E-state index contributed by atoms with van der Waals surface area (Å²) in [6, 6.07) is 14.3. The lowest BCUT2D eigenvalue weighted by atomic mass is 9.87. The Morgan fingerprint density at radius 2 is 1.96 bits per heavy atom. The third-order valence-electron chi connectivity index (χ3n) is 4.15. The van der Waals surface area contributed by atoms with Crippen LogP contribution >= 0.6 is 15.9 Å². The predicted molar refractivity (Wildman–Crippen MR) is 92.8 cm³/mol. The lowest BCUT2D eigenvalue weighted by Crippen LogP contribution is -2.25. The Morgan fingerprint density at radius 1 is 1.17 bits per heavy atom. The lowest BCUT2D eigenvalue weighted by Gasteiger charge is -2.24. The van der Waals surface area contributed by atoms with Gasteiger partial charge in [0.15, 0.2) is 0 Å². The number of nitrogens with one attached hydrogen (secondary N) is 1. The molecule has 1 amide bonds. The van der Waals surface area contributed by atoms with Crippen LogP contribution in [0.25, 0.3) is 5.69 Å². The molecule has 1 aliphatic heterocycles. The summed E-state index contributed by atoms with van der Waals surface area (Å²) in [7, 11) is 0. The molecule has 2 heterocycles. The zero-order chi connectivity index (χ0) is 16.7. The quantitative estimate of drug-likeness (QED) is 0.716. The van der Waals surface area contributed by atoms with E-state index in [1.807, 2.05) is 30.3 Å². The average Bonchev–Trinajstić information content (AvgIpc) is 3.01. The number of aromatic nitrogens is 2. The first-order valence-corrected chi connectivity index (χ1v) is 8.31. The van der Waals surface area contributed by atoms with Gasteiger partial charge in [-0.3, -0.25) is 4.79 Å². The molecule has 1 aromatic heterocycles. The second kappa shape index (κ2) is 5.87. The Kier molecular flexibility index (Phi) is 3.69. The van der Waals surface area contributed by atoms with Crippen LogP contribution in [0.3, 0.4) is 0 Å². The topological polar surface area (TPSA) is 46.9 Å². The number of hydrogen-bond acceptors (Lipinski definition) is 2. The fourth-order valence-electron chi connectivity index (χ4n) is 3.04. The van der Waals surface area contributed by atoms with E-state index in [2.05, 4.69) is 26.3 Å². The van der Waals surface area contributed by atoms with Gasteiger partial charge in [0.25, 0.3) is 0 Å². The second-order valence-electron chi connectivity index (χ2n) is 5.67. The highest BCUT2D eigenvalue weighted by molar-refractivity contribution is 9.10. The van der Waals surface area contributed by atoms with Crippen LogP contribution in [0.4, 0.5) is 10.2 Å². The highest BCUT2D eigenvalue weighted by Gasteiger charge is 2.32. The van der Waals surface area contributed by atoms with Crippen molar-refractivity contribution in [1.29, 1.82) is 0 Å². The molecule has 0 fully saturated rings. The van der Waals surface area contributed by atoms with Gasteiger partial charge >= 0.3 is 0 Å². The summed E-state index contributed by atoms with van der Waals surface area (Å²) >= 11 is 3.37. The number of rotatable bonds is 2. The van der Waals surface area contributed by atoms with E-state index in [1.54, 1.807) is 23.0 Å². The van der Waals surface area contributed by atoms with Crippen LogP contribution in [-0.2, 0) is 4.79 Å². The summed E-state index contributed by atoms with van der Waals surface area (Å²) < 4.78 is 16.8. The first-order valence-electron chi connectivity index (χ1n) is 7.51.